The number of phenols is 1. The van der Waals surface area contributed by atoms with E-state index < -0.39 is 12.0 Å². The lowest BCUT2D eigenvalue weighted by Crippen LogP contribution is -2.42. The smallest absolute Gasteiger partial charge is 0.326 e. The fraction of sp³-hybridized carbons (Fsp3) is 0.385. The summed E-state index contributed by atoms with van der Waals surface area (Å²) in [5.74, 6) is -0.912. The molecule has 1 aromatic carbocycles. The average Bonchev–Trinajstić information content (AvgIpc) is 2.85. The molecule has 0 aliphatic carbocycles. The summed E-state index contributed by atoms with van der Waals surface area (Å²) in [7, 11) is 0. The molecule has 1 atom stereocenters. The Hall–Kier alpha value is -2.24. The first-order valence-electron chi connectivity index (χ1n) is 6.02. The molecule has 102 valence electrons. The summed E-state index contributed by atoms with van der Waals surface area (Å²) in [5.41, 5.74) is 0. The number of aromatic hydroxyl groups is 1. The molecule has 6 nitrogen and oxygen atoms in total. The Balaban J connectivity index is 1.92. The Morgan fingerprint density at radius 3 is 2.89 bits per heavy atom. The molecule has 1 heterocycles. The number of nitrogens with zero attached hydrogens (tertiary/aromatic N) is 1. The lowest BCUT2D eigenvalue weighted by molar-refractivity contribution is -0.148. The number of carboxylic acids is 1. The molecule has 1 aromatic rings. The minimum atomic E-state index is -0.983. The predicted molar refractivity (Wildman–Crippen MR) is 66.0 cm³/mol. The second-order valence-corrected chi connectivity index (χ2v) is 4.37. The van der Waals surface area contributed by atoms with Crippen molar-refractivity contribution < 1.29 is 24.5 Å². The summed E-state index contributed by atoms with van der Waals surface area (Å²) >= 11 is 0. The maximum absolute atomic E-state index is 11.9. The van der Waals surface area contributed by atoms with E-state index in [1.54, 1.807) is 12.1 Å². The maximum atomic E-state index is 11.9. The summed E-state index contributed by atoms with van der Waals surface area (Å²) in [6, 6.07) is 5.36. The van der Waals surface area contributed by atoms with Crippen molar-refractivity contribution in [3.63, 3.8) is 0 Å². The zero-order chi connectivity index (χ0) is 13.8. The highest BCUT2D eigenvalue weighted by Crippen LogP contribution is 2.20. The summed E-state index contributed by atoms with van der Waals surface area (Å²) in [4.78, 5) is 24.2. The number of carbonyl (C=O) groups excluding carboxylic acids is 1. The molecule has 0 radical (unpaired) electrons. The SMILES string of the molecule is O=C(O)C1CCCN1C(=O)COc1cccc(O)c1. The van der Waals surface area contributed by atoms with E-state index in [9.17, 15) is 14.7 Å². The summed E-state index contributed by atoms with van der Waals surface area (Å²) in [6.07, 6.45) is 1.17. The van der Waals surface area contributed by atoms with Gasteiger partial charge in [0.1, 0.15) is 17.5 Å². The van der Waals surface area contributed by atoms with Gasteiger partial charge in [-0.2, -0.15) is 0 Å². The molecule has 1 aliphatic heterocycles. The van der Waals surface area contributed by atoms with Crippen molar-refractivity contribution in [3.8, 4) is 11.5 Å². The van der Waals surface area contributed by atoms with Crippen molar-refractivity contribution in [3.05, 3.63) is 24.3 Å². The van der Waals surface area contributed by atoms with Crippen LogP contribution in [-0.4, -0.2) is 46.2 Å². The lowest BCUT2D eigenvalue weighted by atomic mass is 10.2. The number of phenolic OH excluding ortho intramolecular Hbond substituents is 1. The van der Waals surface area contributed by atoms with Gasteiger partial charge in [0.15, 0.2) is 6.61 Å². The number of likely N-dealkylation sites (tertiary alicyclic amines) is 1. The van der Waals surface area contributed by atoms with Crippen molar-refractivity contribution in [2.75, 3.05) is 13.2 Å². The minimum absolute atomic E-state index is 0.0505. The second-order valence-electron chi connectivity index (χ2n) is 4.37. The summed E-state index contributed by atoms with van der Waals surface area (Å²) < 4.78 is 5.24. The van der Waals surface area contributed by atoms with E-state index >= 15 is 0 Å². The van der Waals surface area contributed by atoms with E-state index in [0.717, 1.165) is 0 Å². The number of carbonyl (C=O) groups is 2. The number of ether oxygens (including phenoxy) is 1. The molecular formula is C13H15NO5. The lowest BCUT2D eigenvalue weighted by Gasteiger charge is -2.21. The average molecular weight is 265 g/mol. The van der Waals surface area contributed by atoms with Gasteiger partial charge in [-0.1, -0.05) is 6.07 Å². The number of rotatable bonds is 4. The third-order valence-corrected chi connectivity index (χ3v) is 3.04. The zero-order valence-corrected chi connectivity index (χ0v) is 10.3. The van der Waals surface area contributed by atoms with Gasteiger partial charge in [-0.15, -0.1) is 0 Å². The first-order valence-corrected chi connectivity index (χ1v) is 6.02. The number of aliphatic carboxylic acids is 1. The molecule has 1 aliphatic rings. The van der Waals surface area contributed by atoms with E-state index in [4.69, 9.17) is 9.84 Å². The first-order chi connectivity index (χ1) is 9.08. The van der Waals surface area contributed by atoms with E-state index in [1.807, 2.05) is 0 Å². The topological polar surface area (TPSA) is 87.1 Å². The van der Waals surface area contributed by atoms with Crippen LogP contribution in [0.25, 0.3) is 0 Å². The zero-order valence-electron chi connectivity index (χ0n) is 10.3. The van der Waals surface area contributed by atoms with Gasteiger partial charge in [-0.05, 0) is 25.0 Å². The van der Waals surface area contributed by atoms with Gasteiger partial charge in [0.05, 0.1) is 0 Å². The number of carboxylic acid groups (broad SMARTS) is 1. The van der Waals surface area contributed by atoms with E-state index in [-0.39, 0.29) is 18.3 Å². The molecule has 0 aromatic heterocycles. The summed E-state index contributed by atoms with van der Waals surface area (Å²) in [5, 5.41) is 18.2. The van der Waals surface area contributed by atoms with Gasteiger partial charge in [-0.25, -0.2) is 4.79 Å². The fourth-order valence-electron chi connectivity index (χ4n) is 2.12. The molecule has 2 N–H and O–H groups in total. The van der Waals surface area contributed by atoms with Crippen molar-refractivity contribution in [1.29, 1.82) is 0 Å². The third-order valence-electron chi connectivity index (χ3n) is 3.04. The van der Waals surface area contributed by atoms with Crippen LogP contribution in [0.4, 0.5) is 0 Å². The minimum Gasteiger partial charge on any atom is -0.508 e. The van der Waals surface area contributed by atoms with E-state index in [1.165, 1.54) is 17.0 Å². The Labute approximate surface area is 110 Å². The Kier molecular flexibility index (Phi) is 3.89. The van der Waals surface area contributed by atoms with Gasteiger partial charge in [0.2, 0.25) is 0 Å². The Morgan fingerprint density at radius 2 is 2.21 bits per heavy atom. The second kappa shape index (κ2) is 5.60. The van der Waals surface area contributed by atoms with Gasteiger partial charge in [-0.3, -0.25) is 4.79 Å². The van der Waals surface area contributed by atoms with Crippen molar-refractivity contribution in [2.24, 2.45) is 0 Å². The maximum Gasteiger partial charge on any atom is 0.326 e. The van der Waals surface area contributed by atoms with Crippen LogP contribution in [0.3, 0.4) is 0 Å². The molecule has 19 heavy (non-hydrogen) atoms. The van der Waals surface area contributed by atoms with Crippen LogP contribution < -0.4 is 4.74 Å². The summed E-state index contributed by atoms with van der Waals surface area (Å²) in [6.45, 7) is 0.215. The number of benzene rings is 1. The predicted octanol–water partition coefficient (Wildman–Crippen LogP) is 0.847. The molecular weight excluding hydrogens is 250 g/mol. The van der Waals surface area contributed by atoms with Crippen LogP contribution in [0.5, 0.6) is 11.5 Å². The van der Waals surface area contributed by atoms with Crippen LogP contribution in [0.2, 0.25) is 0 Å². The molecule has 1 unspecified atom stereocenters. The standard InChI is InChI=1S/C13H15NO5/c15-9-3-1-4-10(7-9)19-8-12(16)14-6-2-5-11(14)13(17)18/h1,3-4,7,11,15H,2,5-6,8H2,(H,17,18). The van der Waals surface area contributed by atoms with Crippen LogP contribution >= 0.6 is 0 Å². The van der Waals surface area contributed by atoms with Crippen molar-refractivity contribution >= 4 is 11.9 Å². The number of hydrogen-bond acceptors (Lipinski definition) is 4. The Bertz CT molecular complexity index is 488. The molecule has 1 fully saturated rings. The van der Waals surface area contributed by atoms with Crippen molar-refractivity contribution in [2.45, 2.75) is 18.9 Å². The van der Waals surface area contributed by atoms with Crippen LogP contribution in [0.1, 0.15) is 12.8 Å². The largest absolute Gasteiger partial charge is 0.508 e. The monoisotopic (exact) mass is 265 g/mol. The molecule has 2 rings (SSSR count). The first kappa shape index (κ1) is 13.2. The molecule has 1 amide bonds. The number of amides is 1. The van der Waals surface area contributed by atoms with Crippen LogP contribution in [0.15, 0.2) is 24.3 Å². The highest BCUT2D eigenvalue weighted by molar-refractivity contribution is 5.85. The highest BCUT2D eigenvalue weighted by atomic mass is 16.5. The number of hydrogen-bond donors (Lipinski definition) is 2. The fourth-order valence-corrected chi connectivity index (χ4v) is 2.12. The Morgan fingerprint density at radius 1 is 1.42 bits per heavy atom. The van der Waals surface area contributed by atoms with Crippen LogP contribution in [0, 0.1) is 0 Å². The quantitative estimate of drug-likeness (QED) is 0.842. The molecule has 0 bridgehead atoms. The normalized spacial score (nSPS) is 18.3. The highest BCUT2D eigenvalue weighted by Gasteiger charge is 2.33. The van der Waals surface area contributed by atoms with Crippen LogP contribution in [-0.2, 0) is 9.59 Å². The van der Waals surface area contributed by atoms with Crippen molar-refractivity contribution in [1.82, 2.24) is 4.90 Å². The third kappa shape index (κ3) is 3.15. The molecule has 6 heteroatoms. The molecule has 1 saturated heterocycles. The molecule has 0 saturated carbocycles. The van der Waals surface area contributed by atoms with Gasteiger partial charge in [0.25, 0.3) is 5.91 Å². The van der Waals surface area contributed by atoms with Gasteiger partial charge >= 0.3 is 5.97 Å². The van der Waals surface area contributed by atoms with E-state index in [2.05, 4.69) is 0 Å². The van der Waals surface area contributed by atoms with E-state index in [0.29, 0.717) is 25.1 Å². The van der Waals surface area contributed by atoms with Gasteiger partial charge in [0, 0.05) is 12.6 Å². The molecule has 0 spiro atoms. The van der Waals surface area contributed by atoms with Gasteiger partial charge < -0.3 is 19.8 Å².